The van der Waals surface area contributed by atoms with Crippen LogP contribution in [0.3, 0.4) is 0 Å². The molecule has 7 heteroatoms. The molecular weight excluding hydrogens is 259 g/mol. The number of carbonyl (C=O) groups is 1. The van der Waals surface area contributed by atoms with Gasteiger partial charge in [-0.05, 0) is 5.57 Å². The van der Waals surface area contributed by atoms with E-state index in [0.29, 0.717) is 0 Å². The van der Waals surface area contributed by atoms with Crippen LogP contribution in [-0.2, 0) is 9.53 Å². The number of benzene rings is 1. The summed E-state index contributed by atoms with van der Waals surface area (Å²) < 4.78 is 69.3. The minimum atomic E-state index is -2.26. The van der Waals surface area contributed by atoms with Gasteiger partial charge in [0.1, 0.15) is 6.61 Å². The molecule has 98 valence electrons. The van der Waals surface area contributed by atoms with Gasteiger partial charge in [0.05, 0.1) is 5.56 Å². The van der Waals surface area contributed by atoms with Gasteiger partial charge in [-0.25, -0.2) is 22.0 Å². The van der Waals surface area contributed by atoms with Gasteiger partial charge in [0.2, 0.25) is 5.82 Å². The zero-order valence-electron chi connectivity index (χ0n) is 9.12. The molecule has 0 bridgehead atoms. The van der Waals surface area contributed by atoms with Crippen molar-refractivity contribution in [1.29, 1.82) is 0 Å². The first-order chi connectivity index (χ1) is 8.27. The minimum Gasteiger partial charge on any atom is -0.461 e. The van der Waals surface area contributed by atoms with Gasteiger partial charge in [0.25, 0.3) is 0 Å². The summed E-state index contributed by atoms with van der Waals surface area (Å²) >= 11 is 0. The molecule has 2 nitrogen and oxygen atoms in total. The van der Waals surface area contributed by atoms with E-state index in [1.165, 1.54) is 0 Å². The molecule has 0 N–H and O–H groups in total. The van der Waals surface area contributed by atoms with E-state index in [4.69, 9.17) is 0 Å². The largest absolute Gasteiger partial charge is 0.461 e. The first-order valence-electron chi connectivity index (χ1n) is 4.60. The average Bonchev–Trinajstić information content (AvgIpc) is 2.31. The molecule has 0 spiro atoms. The highest BCUT2D eigenvalue weighted by atomic mass is 19.2. The van der Waals surface area contributed by atoms with Gasteiger partial charge in [0.15, 0.2) is 23.3 Å². The van der Waals surface area contributed by atoms with Crippen LogP contribution in [0.5, 0.6) is 0 Å². The Morgan fingerprint density at radius 1 is 1.00 bits per heavy atom. The van der Waals surface area contributed by atoms with Gasteiger partial charge in [-0.2, -0.15) is 0 Å². The van der Waals surface area contributed by atoms with E-state index >= 15 is 0 Å². The summed E-state index contributed by atoms with van der Waals surface area (Å²) in [4.78, 5) is 10.5. The van der Waals surface area contributed by atoms with E-state index in [0.717, 1.165) is 6.92 Å². The molecule has 0 saturated carbocycles. The molecule has 0 saturated heterocycles. The molecule has 0 radical (unpaired) electrons. The normalized spacial score (nSPS) is 10.3. The van der Waals surface area contributed by atoms with Gasteiger partial charge in [-0.3, -0.25) is 4.79 Å². The van der Waals surface area contributed by atoms with Crippen LogP contribution in [0.1, 0.15) is 12.5 Å². The number of hydrogen-bond donors (Lipinski definition) is 0. The Balaban J connectivity index is 3.24. The maximum Gasteiger partial charge on any atom is 0.302 e. The number of carbonyl (C=O) groups excluding carboxylic acids is 1. The van der Waals surface area contributed by atoms with E-state index in [-0.39, 0.29) is 0 Å². The molecule has 1 aromatic carbocycles. The van der Waals surface area contributed by atoms with E-state index < -0.39 is 52.8 Å². The lowest BCUT2D eigenvalue weighted by molar-refractivity contribution is -0.139. The Bertz CT molecular complexity index is 496. The fraction of sp³-hybridized carbons (Fsp3) is 0.182. The molecule has 0 fully saturated rings. The predicted molar refractivity (Wildman–Crippen MR) is 51.9 cm³/mol. The van der Waals surface area contributed by atoms with E-state index in [2.05, 4.69) is 11.3 Å². The van der Waals surface area contributed by atoms with Gasteiger partial charge in [-0.15, -0.1) is 0 Å². The smallest absolute Gasteiger partial charge is 0.302 e. The molecular formula is C11H7F5O2. The Hall–Kier alpha value is -1.92. The lowest BCUT2D eigenvalue weighted by atomic mass is 10.1. The molecule has 0 atom stereocenters. The van der Waals surface area contributed by atoms with E-state index in [1.807, 2.05) is 0 Å². The summed E-state index contributed by atoms with van der Waals surface area (Å²) in [6.07, 6.45) is 0. The fourth-order valence-electron chi connectivity index (χ4n) is 1.18. The van der Waals surface area contributed by atoms with E-state index in [9.17, 15) is 26.7 Å². The Morgan fingerprint density at radius 2 is 1.39 bits per heavy atom. The Labute approximate surface area is 98.7 Å². The standard InChI is InChI=1S/C11H7F5O2/c1-4(3-18-5(2)17)6-7(12)9(14)11(16)10(15)8(6)13/h1,3H2,2H3. The summed E-state index contributed by atoms with van der Waals surface area (Å²) in [6, 6.07) is 0. The van der Waals surface area contributed by atoms with Crippen molar-refractivity contribution in [2.24, 2.45) is 0 Å². The van der Waals surface area contributed by atoms with Crippen molar-refractivity contribution >= 4 is 11.5 Å². The van der Waals surface area contributed by atoms with Crippen molar-refractivity contribution in [3.63, 3.8) is 0 Å². The third-order valence-electron chi connectivity index (χ3n) is 2.01. The summed E-state index contributed by atoms with van der Waals surface area (Å²) in [7, 11) is 0. The van der Waals surface area contributed by atoms with Crippen LogP contribution in [0.2, 0.25) is 0 Å². The van der Waals surface area contributed by atoms with Crippen molar-refractivity contribution in [1.82, 2.24) is 0 Å². The number of ether oxygens (including phenoxy) is 1. The molecule has 0 unspecified atom stereocenters. The number of rotatable bonds is 3. The van der Waals surface area contributed by atoms with Crippen LogP contribution in [0.4, 0.5) is 22.0 Å². The predicted octanol–water partition coefficient (Wildman–Crippen LogP) is 2.96. The van der Waals surface area contributed by atoms with Crippen molar-refractivity contribution in [2.45, 2.75) is 6.92 Å². The molecule has 1 aromatic rings. The lowest BCUT2D eigenvalue weighted by Gasteiger charge is -2.10. The molecule has 0 heterocycles. The molecule has 0 aliphatic rings. The van der Waals surface area contributed by atoms with Crippen molar-refractivity contribution < 1.29 is 31.5 Å². The maximum atomic E-state index is 13.3. The van der Waals surface area contributed by atoms with Gasteiger partial charge >= 0.3 is 5.97 Å². The highest BCUT2D eigenvalue weighted by Gasteiger charge is 2.27. The van der Waals surface area contributed by atoms with Crippen molar-refractivity contribution in [3.05, 3.63) is 41.2 Å². The van der Waals surface area contributed by atoms with Crippen molar-refractivity contribution in [3.8, 4) is 0 Å². The van der Waals surface area contributed by atoms with Crippen LogP contribution in [0, 0.1) is 29.1 Å². The monoisotopic (exact) mass is 266 g/mol. The first-order valence-corrected chi connectivity index (χ1v) is 4.60. The molecule has 0 aliphatic carbocycles. The van der Waals surface area contributed by atoms with Crippen LogP contribution in [-0.4, -0.2) is 12.6 Å². The number of hydrogen-bond acceptors (Lipinski definition) is 2. The minimum absolute atomic E-state index is 0.530. The Kier molecular flexibility index (Phi) is 4.05. The summed E-state index contributed by atoms with van der Waals surface area (Å²) in [6.45, 7) is 3.46. The summed E-state index contributed by atoms with van der Waals surface area (Å²) in [5.41, 5.74) is -1.72. The molecule has 18 heavy (non-hydrogen) atoms. The summed E-state index contributed by atoms with van der Waals surface area (Å²) in [5.74, 6) is -11.2. The third kappa shape index (κ3) is 2.49. The number of halogens is 5. The second-order valence-electron chi connectivity index (χ2n) is 3.33. The van der Waals surface area contributed by atoms with Crippen molar-refractivity contribution in [2.75, 3.05) is 6.61 Å². The highest BCUT2D eigenvalue weighted by Crippen LogP contribution is 2.27. The van der Waals surface area contributed by atoms with E-state index in [1.54, 1.807) is 0 Å². The third-order valence-corrected chi connectivity index (χ3v) is 2.01. The van der Waals surface area contributed by atoms with Gasteiger partial charge in [0, 0.05) is 6.92 Å². The second kappa shape index (κ2) is 5.16. The average molecular weight is 266 g/mol. The van der Waals surface area contributed by atoms with Gasteiger partial charge < -0.3 is 4.74 Å². The molecule has 0 amide bonds. The lowest BCUT2D eigenvalue weighted by Crippen LogP contribution is -2.10. The quantitative estimate of drug-likeness (QED) is 0.364. The molecule has 1 rings (SSSR count). The zero-order chi connectivity index (χ0) is 14.0. The first kappa shape index (κ1) is 14.1. The number of esters is 1. The second-order valence-corrected chi connectivity index (χ2v) is 3.33. The fourth-order valence-corrected chi connectivity index (χ4v) is 1.18. The van der Waals surface area contributed by atoms with Crippen LogP contribution < -0.4 is 0 Å². The van der Waals surface area contributed by atoms with Gasteiger partial charge in [-0.1, -0.05) is 6.58 Å². The topological polar surface area (TPSA) is 26.3 Å². The SMILES string of the molecule is C=C(COC(C)=O)c1c(F)c(F)c(F)c(F)c1F. The highest BCUT2D eigenvalue weighted by molar-refractivity contribution is 5.70. The zero-order valence-corrected chi connectivity index (χ0v) is 9.12. The van der Waals surface area contributed by atoms with Crippen LogP contribution in [0.25, 0.3) is 5.57 Å². The molecule has 0 aliphatic heterocycles. The van der Waals surface area contributed by atoms with Crippen LogP contribution in [0.15, 0.2) is 6.58 Å². The Morgan fingerprint density at radius 3 is 1.78 bits per heavy atom. The molecule has 0 aromatic heterocycles. The van der Waals surface area contributed by atoms with Crippen LogP contribution >= 0.6 is 0 Å². The summed E-state index contributed by atoms with van der Waals surface area (Å²) in [5, 5.41) is 0. The maximum absolute atomic E-state index is 13.3.